The van der Waals surface area contributed by atoms with Crippen molar-refractivity contribution in [2.24, 2.45) is 17.6 Å². The summed E-state index contributed by atoms with van der Waals surface area (Å²) >= 11 is 0. The van der Waals surface area contributed by atoms with Crippen molar-refractivity contribution >= 4 is 0 Å². The minimum atomic E-state index is 0.588. The molecular formula is C14H30N2O2. The van der Waals surface area contributed by atoms with Crippen LogP contribution in [-0.2, 0) is 9.47 Å². The summed E-state index contributed by atoms with van der Waals surface area (Å²) in [5, 5.41) is 0. The second kappa shape index (κ2) is 9.73. The third-order valence-electron chi connectivity index (χ3n) is 3.76. The average molecular weight is 258 g/mol. The molecule has 108 valence electrons. The van der Waals surface area contributed by atoms with Crippen molar-refractivity contribution in [2.75, 3.05) is 52.6 Å². The quantitative estimate of drug-likeness (QED) is 0.634. The Hall–Kier alpha value is -0.160. The molecule has 0 aromatic heterocycles. The summed E-state index contributed by atoms with van der Waals surface area (Å²) in [5.41, 5.74) is 5.33. The number of nitrogens with two attached hydrogens (primary N) is 1. The maximum atomic E-state index is 5.55. The van der Waals surface area contributed by atoms with E-state index in [0.717, 1.165) is 25.0 Å². The molecule has 0 amide bonds. The van der Waals surface area contributed by atoms with Crippen LogP contribution in [0.3, 0.4) is 0 Å². The van der Waals surface area contributed by atoms with Gasteiger partial charge in [0.2, 0.25) is 0 Å². The van der Waals surface area contributed by atoms with E-state index >= 15 is 0 Å². The van der Waals surface area contributed by atoms with Crippen molar-refractivity contribution in [3.8, 4) is 0 Å². The van der Waals surface area contributed by atoms with Crippen LogP contribution in [0.2, 0.25) is 0 Å². The molecule has 0 unspecified atom stereocenters. The molecule has 0 bridgehead atoms. The first-order chi connectivity index (χ1) is 8.74. The molecule has 0 aromatic carbocycles. The average Bonchev–Trinajstić information content (AvgIpc) is 2.38. The highest BCUT2D eigenvalue weighted by atomic mass is 16.5. The zero-order valence-corrected chi connectivity index (χ0v) is 12.1. The number of rotatable bonds is 9. The van der Waals surface area contributed by atoms with Gasteiger partial charge in [-0.3, -0.25) is 0 Å². The molecule has 1 aliphatic rings. The van der Waals surface area contributed by atoms with Crippen molar-refractivity contribution in [3.05, 3.63) is 0 Å². The molecule has 1 aliphatic heterocycles. The molecule has 1 rings (SSSR count). The SMILES string of the molecule is CC(C)C1CCN(CCOCCOCCN)CC1. The standard InChI is InChI=1S/C14H30N2O2/c1-13(2)14-3-6-16(7-4-14)8-10-18-12-11-17-9-5-15/h13-14H,3-12,15H2,1-2H3. The zero-order chi connectivity index (χ0) is 13.2. The molecule has 0 radical (unpaired) electrons. The van der Waals surface area contributed by atoms with Gasteiger partial charge in [-0.2, -0.15) is 0 Å². The lowest BCUT2D eigenvalue weighted by atomic mass is 9.87. The van der Waals surface area contributed by atoms with Crippen LogP contribution in [0.1, 0.15) is 26.7 Å². The summed E-state index contributed by atoms with van der Waals surface area (Å²) in [6.07, 6.45) is 2.69. The zero-order valence-electron chi connectivity index (χ0n) is 12.1. The van der Waals surface area contributed by atoms with Gasteiger partial charge in [0.05, 0.1) is 26.4 Å². The summed E-state index contributed by atoms with van der Waals surface area (Å²) in [4.78, 5) is 2.51. The van der Waals surface area contributed by atoms with Crippen molar-refractivity contribution in [1.82, 2.24) is 4.90 Å². The highest BCUT2D eigenvalue weighted by Crippen LogP contribution is 2.23. The normalized spacial score (nSPS) is 18.7. The first-order valence-corrected chi connectivity index (χ1v) is 7.32. The highest BCUT2D eigenvalue weighted by molar-refractivity contribution is 4.73. The molecule has 0 atom stereocenters. The Balaban J connectivity index is 1.91. The highest BCUT2D eigenvalue weighted by Gasteiger charge is 2.20. The fourth-order valence-electron chi connectivity index (χ4n) is 2.44. The number of hydrogen-bond acceptors (Lipinski definition) is 4. The van der Waals surface area contributed by atoms with Gasteiger partial charge in [0, 0.05) is 13.1 Å². The fourth-order valence-corrected chi connectivity index (χ4v) is 2.44. The van der Waals surface area contributed by atoms with Crippen molar-refractivity contribution in [1.29, 1.82) is 0 Å². The summed E-state index contributed by atoms with van der Waals surface area (Å²) in [6, 6.07) is 0. The predicted molar refractivity (Wildman–Crippen MR) is 74.7 cm³/mol. The van der Waals surface area contributed by atoms with E-state index < -0.39 is 0 Å². The van der Waals surface area contributed by atoms with E-state index in [-0.39, 0.29) is 0 Å². The summed E-state index contributed by atoms with van der Waals surface area (Å²) in [6.45, 7) is 11.6. The van der Waals surface area contributed by atoms with Crippen LogP contribution >= 0.6 is 0 Å². The third-order valence-corrected chi connectivity index (χ3v) is 3.76. The van der Waals surface area contributed by atoms with E-state index in [2.05, 4.69) is 18.7 Å². The number of hydrogen-bond donors (Lipinski definition) is 1. The van der Waals surface area contributed by atoms with E-state index in [1.165, 1.54) is 25.9 Å². The Morgan fingerprint density at radius 1 is 1.06 bits per heavy atom. The first-order valence-electron chi connectivity index (χ1n) is 7.32. The molecule has 18 heavy (non-hydrogen) atoms. The van der Waals surface area contributed by atoms with Crippen LogP contribution in [0.5, 0.6) is 0 Å². The Bertz CT molecular complexity index is 192. The summed E-state index contributed by atoms with van der Waals surface area (Å²) in [5.74, 6) is 1.76. The minimum Gasteiger partial charge on any atom is -0.378 e. The Labute approximate surface area is 112 Å². The lowest BCUT2D eigenvalue weighted by molar-refractivity contribution is 0.0355. The van der Waals surface area contributed by atoms with Gasteiger partial charge in [-0.1, -0.05) is 13.8 Å². The van der Waals surface area contributed by atoms with E-state index in [4.69, 9.17) is 15.2 Å². The first kappa shape index (κ1) is 15.9. The van der Waals surface area contributed by atoms with Gasteiger partial charge in [-0.25, -0.2) is 0 Å². The number of piperidine rings is 1. The number of ether oxygens (including phenoxy) is 2. The molecule has 0 saturated carbocycles. The molecule has 1 heterocycles. The molecule has 0 spiro atoms. The second-order valence-electron chi connectivity index (χ2n) is 5.44. The Morgan fingerprint density at radius 3 is 2.22 bits per heavy atom. The molecule has 2 N–H and O–H groups in total. The molecule has 0 aromatic rings. The molecule has 4 nitrogen and oxygen atoms in total. The van der Waals surface area contributed by atoms with E-state index in [1.807, 2.05) is 0 Å². The molecular weight excluding hydrogens is 228 g/mol. The smallest absolute Gasteiger partial charge is 0.0701 e. The largest absolute Gasteiger partial charge is 0.378 e. The second-order valence-corrected chi connectivity index (χ2v) is 5.44. The number of likely N-dealkylation sites (tertiary alicyclic amines) is 1. The van der Waals surface area contributed by atoms with Crippen molar-refractivity contribution < 1.29 is 9.47 Å². The lowest BCUT2D eigenvalue weighted by Gasteiger charge is -2.33. The molecule has 1 saturated heterocycles. The van der Waals surface area contributed by atoms with Crippen LogP contribution in [0.4, 0.5) is 0 Å². The van der Waals surface area contributed by atoms with Gasteiger partial charge in [0.25, 0.3) is 0 Å². The third kappa shape index (κ3) is 6.69. The maximum Gasteiger partial charge on any atom is 0.0701 e. The van der Waals surface area contributed by atoms with E-state index in [1.54, 1.807) is 0 Å². The van der Waals surface area contributed by atoms with Crippen LogP contribution in [0.15, 0.2) is 0 Å². The summed E-state index contributed by atoms with van der Waals surface area (Å²) in [7, 11) is 0. The van der Waals surface area contributed by atoms with Crippen LogP contribution in [0.25, 0.3) is 0 Å². The fraction of sp³-hybridized carbons (Fsp3) is 1.00. The van der Waals surface area contributed by atoms with Crippen molar-refractivity contribution in [2.45, 2.75) is 26.7 Å². The molecule has 1 fully saturated rings. The van der Waals surface area contributed by atoms with Crippen LogP contribution in [0, 0.1) is 11.8 Å². The van der Waals surface area contributed by atoms with Gasteiger partial charge in [-0.15, -0.1) is 0 Å². The van der Waals surface area contributed by atoms with Crippen LogP contribution < -0.4 is 5.73 Å². The van der Waals surface area contributed by atoms with Crippen molar-refractivity contribution in [3.63, 3.8) is 0 Å². The number of nitrogens with zero attached hydrogens (tertiary/aromatic N) is 1. The summed E-state index contributed by atoms with van der Waals surface area (Å²) < 4.78 is 10.8. The van der Waals surface area contributed by atoms with Gasteiger partial charge in [0.1, 0.15) is 0 Å². The van der Waals surface area contributed by atoms with E-state index in [0.29, 0.717) is 26.4 Å². The molecule has 0 aliphatic carbocycles. The predicted octanol–water partition coefficient (Wildman–Crippen LogP) is 1.35. The van der Waals surface area contributed by atoms with Gasteiger partial charge >= 0.3 is 0 Å². The molecule has 4 heteroatoms. The van der Waals surface area contributed by atoms with Gasteiger partial charge in [-0.05, 0) is 37.8 Å². The maximum absolute atomic E-state index is 5.55. The Kier molecular flexibility index (Phi) is 8.59. The monoisotopic (exact) mass is 258 g/mol. The van der Waals surface area contributed by atoms with E-state index in [9.17, 15) is 0 Å². The minimum absolute atomic E-state index is 0.588. The lowest BCUT2D eigenvalue weighted by Crippen LogP contribution is -2.37. The topological polar surface area (TPSA) is 47.7 Å². The Morgan fingerprint density at radius 2 is 1.67 bits per heavy atom. The van der Waals surface area contributed by atoms with Crippen LogP contribution in [-0.4, -0.2) is 57.5 Å². The van der Waals surface area contributed by atoms with Gasteiger partial charge in [0.15, 0.2) is 0 Å². The van der Waals surface area contributed by atoms with Gasteiger partial charge < -0.3 is 20.1 Å².